The van der Waals surface area contributed by atoms with Crippen molar-refractivity contribution in [3.05, 3.63) is 33.7 Å². The van der Waals surface area contributed by atoms with Gasteiger partial charge in [-0.1, -0.05) is 12.7 Å². The lowest BCUT2D eigenvalue weighted by Crippen LogP contribution is -2.45. The highest BCUT2D eigenvalue weighted by Crippen LogP contribution is 2.47. The molecule has 1 aliphatic carbocycles. The molecule has 8 heteroatoms. The smallest absolute Gasteiger partial charge is 0.189 e. The summed E-state index contributed by atoms with van der Waals surface area (Å²) < 4.78 is 2.31. The number of hydrogen-bond acceptors (Lipinski definition) is 7. The first-order chi connectivity index (χ1) is 19.0. The first kappa shape index (κ1) is 29.6. The molecule has 3 saturated heterocycles. The molecule has 4 aliphatic heterocycles. The maximum Gasteiger partial charge on any atom is 0.189 e. The number of hydrazine groups is 2. The lowest BCUT2D eigenvalue weighted by atomic mass is 9.71. The van der Waals surface area contributed by atoms with Crippen LogP contribution in [0.4, 0.5) is 0 Å². The molecular weight excluding hydrogens is 500 g/mol. The Morgan fingerprint density at radius 1 is 0.850 bits per heavy atom. The topological polar surface area (TPSA) is 59.3 Å². The highest BCUT2D eigenvalue weighted by Gasteiger charge is 2.49. The Balaban J connectivity index is 1.33. The third kappa shape index (κ3) is 5.04. The number of hydrogen-bond donors (Lipinski definition) is 0. The van der Waals surface area contributed by atoms with Crippen LogP contribution in [0.3, 0.4) is 0 Å². The van der Waals surface area contributed by atoms with Crippen molar-refractivity contribution in [2.24, 2.45) is 11.8 Å². The molecule has 4 heterocycles. The molecule has 5 rings (SSSR count). The Labute approximate surface area is 242 Å². The minimum Gasteiger partial charge on any atom is -0.872 e. The lowest BCUT2D eigenvalue weighted by molar-refractivity contribution is -0.476. The number of carbonyl (C=O) groups excluding carboxylic acids is 1. The first-order valence-electron chi connectivity index (χ1n) is 15.7. The number of rotatable bonds is 9. The van der Waals surface area contributed by atoms with Gasteiger partial charge in [0.05, 0.1) is 12.1 Å². The van der Waals surface area contributed by atoms with Crippen LogP contribution in [0.5, 0.6) is 0 Å². The Morgan fingerprint density at radius 3 is 1.95 bits per heavy atom. The summed E-state index contributed by atoms with van der Waals surface area (Å²) in [5, 5.41) is 23.4. The van der Waals surface area contributed by atoms with Crippen molar-refractivity contribution in [2.45, 2.75) is 79.3 Å². The molecule has 5 aliphatic rings. The van der Waals surface area contributed by atoms with E-state index in [-0.39, 0.29) is 29.4 Å². The van der Waals surface area contributed by atoms with Crippen molar-refractivity contribution < 1.29 is 14.5 Å². The van der Waals surface area contributed by atoms with Crippen LogP contribution in [0.1, 0.15) is 67.2 Å². The second-order valence-corrected chi connectivity index (χ2v) is 13.0. The fraction of sp³-hybridized carbons (Fsp3) is 0.750. The molecule has 222 valence electrons. The van der Waals surface area contributed by atoms with Gasteiger partial charge in [0.1, 0.15) is 0 Å². The average molecular weight is 553 g/mol. The molecule has 4 unspecified atom stereocenters. The van der Waals surface area contributed by atoms with E-state index in [1.165, 1.54) is 25.7 Å². The summed E-state index contributed by atoms with van der Waals surface area (Å²) in [6, 6.07) is 0.514. The van der Waals surface area contributed by atoms with Gasteiger partial charge in [0.25, 0.3) is 0 Å². The van der Waals surface area contributed by atoms with E-state index < -0.39 is 0 Å². The van der Waals surface area contributed by atoms with E-state index in [9.17, 15) is 9.90 Å². The monoisotopic (exact) mass is 552 g/mol. The van der Waals surface area contributed by atoms with Crippen LogP contribution in [0.25, 0.3) is 0 Å². The molecule has 0 aromatic carbocycles. The highest BCUT2D eigenvalue weighted by atomic mass is 16.3. The van der Waals surface area contributed by atoms with Crippen LogP contribution >= 0.6 is 0 Å². The number of carbonyl (C=O) groups is 1. The third-order valence-electron chi connectivity index (χ3n) is 11.0. The summed E-state index contributed by atoms with van der Waals surface area (Å²) in [4.78, 5) is 16.3. The predicted molar refractivity (Wildman–Crippen MR) is 158 cm³/mol. The van der Waals surface area contributed by atoms with Gasteiger partial charge in [-0.3, -0.25) is 9.69 Å². The molecule has 0 saturated carbocycles. The van der Waals surface area contributed by atoms with Gasteiger partial charge in [0.15, 0.2) is 23.7 Å². The zero-order chi connectivity index (χ0) is 28.9. The van der Waals surface area contributed by atoms with E-state index >= 15 is 0 Å². The molecule has 8 nitrogen and oxygen atoms in total. The molecule has 0 radical (unpaired) electrons. The van der Waals surface area contributed by atoms with Gasteiger partial charge >= 0.3 is 0 Å². The Morgan fingerprint density at radius 2 is 1.40 bits per heavy atom. The van der Waals surface area contributed by atoms with Gasteiger partial charge in [-0.05, 0) is 57.9 Å². The fourth-order valence-corrected chi connectivity index (χ4v) is 8.09. The van der Waals surface area contributed by atoms with E-state index in [0.717, 1.165) is 74.9 Å². The van der Waals surface area contributed by atoms with Crippen LogP contribution in [-0.4, -0.2) is 120 Å². The maximum absolute atomic E-state index is 13.8. The summed E-state index contributed by atoms with van der Waals surface area (Å²) in [5.41, 5.74) is 5.15. The Kier molecular flexibility index (Phi) is 8.75. The second-order valence-electron chi connectivity index (χ2n) is 13.0. The van der Waals surface area contributed by atoms with Crippen molar-refractivity contribution >= 4 is 11.5 Å². The number of Topliss-reactive ketones (excluding diaryl/α,β-unsaturated/α-hetero) is 1. The summed E-state index contributed by atoms with van der Waals surface area (Å²) in [6.07, 6.45) is 5.08. The molecule has 0 aromatic heterocycles. The van der Waals surface area contributed by atoms with Gasteiger partial charge in [-0.25, -0.2) is 20.0 Å². The van der Waals surface area contributed by atoms with E-state index in [4.69, 9.17) is 0 Å². The van der Waals surface area contributed by atoms with Gasteiger partial charge in [0, 0.05) is 96.4 Å². The molecule has 4 atom stereocenters. The van der Waals surface area contributed by atoms with E-state index in [1.54, 1.807) is 0 Å². The summed E-state index contributed by atoms with van der Waals surface area (Å²) in [6.45, 7) is 21.3. The van der Waals surface area contributed by atoms with Crippen LogP contribution in [0, 0.1) is 11.8 Å². The van der Waals surface area contributed by atoms with E-state index in [0.29, 0.717) is 17.2 Å². The molecule has 40 heavy (non-hydrogen) atoms. The van der Waals surface area contributed by atoms with E-state index in [1.807, 2.05) is 0 Å². The van der Waals surface area contributed by atoms with Gasteiger partial charge in [0.2, 0.25) is 0 Å². The van der Waals surface area contributed by atoms with Crippen molar-refractivity contribution in [1.29, 1.82) is 0 Å². The molecule has 0 amide bonds. The van der Waals surface area contributed by atoms with Crippen molar-refractivity contribution in [3.63, 3.8) is 0 Å². The first-order valence-corrected chi connectivity index (χ1v) is 15.7. The zero-order valence-electron chi connectivity index (χ0n) is 26.3. The second kappa shape index (κ2) is 11.8. The zero-order valence-corrected chi connectivity index (χ0v) is 26.3. The van der Waals surface area contributed by atoms with Crippen LogP contribution < -0.4 is 5.11 Å². The minimum absolute atomic E-state index is 0.00512. The molecule has 0 aromatic rings. The van der Waals surface area contributed by atoms with Crippen LogP contribution in [0.15, 0.2) is 33.7 Å². The molecular formula is C32H52N6O2. The summed E-state index contributed by atoms with van der Waals surface area (Å²) in [7, 11) is 4.36. The molecule has 0 N–H and O–H groups in total. The predicted octanol–water partition coefficient (Wildman–Crippen LogP) is 2.49. The molecule has 3 fully saturated rings. The van der Waals surface area contributed by atoms with Crippen LogP contribution in [0.2, 0.25) is 0 Å². The van der Waals surface area contributed by atoms with Crippen molar-refractivity contribution in [2.75, 3.05) is 66.5 Å². The largest absolute Gasteiger partial charge is 0.872 e. The number of likely N-dealkylation sites (tertiary alicyclic amines) is 1. The Bertz CT molecular complexity index is 1140. The maximum atomic E-state index is 13.8. The standard InChI is InChI=1S/C32H52N6O2/c1-21-23(3)37(19-17-33(7)35-13-9-10-14-35)25(5)27(21)29-31(39)30(32(29)40)28-22(2)24(4)38(26(28)6)20-18-34(8)36-15-11-12-16-36/h21,23,25,27H,9-20H2,1-8H3. The summed E-state index contributed by atoms with van der Waals surface area (Å²) in [5.74, 6) is 0.254. The molecule has 0 spiro atoms. The molecule has 0 bridgehead atoms. The lowest BCUT2D eigenvalue weighted by Gasteiger charge is -2.38. The third-order valence-corrected chi connectivity index (χ3v) is 11.0. The van der Waals surface area contributed by atoms with Crippen molar-refractivity contribution in [1.82, 2.24) is 24.9 Å². The number of likely N-dealkylation sites (N-methyl/N-ethyl adjacent to an activating group) is 2. The quantitative estimate of drug-likeness (QED) is 0.322. The number of nitrogens with zero attached hydrogens (tertiary/aromatic N) is 6. The summed E-state index contributed by atoms with van der Waals surface area (Å²) >= 11 is 0. The number of ketones is 1. The SMILES string of the molecule is CC1=C(C)[N+](CCN(C)N2CCCC2)=C(C)/C1=C1\C(=O)C(C2C(C)C(C)N(CCN(C)N3CCCC3)C2C)=C1[O-]. The van der Waals surface area contributed by atoms with Crippen LogP contribution in [-0.2, 0) is 4.79 Å². The fourth-order valence-electron chi connectivity index (χ4n) is 8.09. The Hall–Kier alpha value is -1.84. The van der Waals surface area contributed by atoms with Gasteiger partial charge in [-0.15, -0.1) is 0 Å². The highest BCUT2D eigenvalue weighted by molar-refractivity contribution is 6.24. The normalized spacial score (nSPS) is 32.8. The van der Waals surface area contributed by atoms with Crippen molar-refractivity contribution in [3.8, 4) is 0 Å². The van der Waals surface area contributed by atoms with E-state index in [2.05, 4.69) is 85.1 Å². The minimum atomic E-state index is -0.00579. The van der Waals surface area contributed by atoms with Gasteiger partial charge in [-0.2, -0.15) is 4.58 Å². The number of allylic oxidation sites excluding steroid dienone is 4. The average Bonchev–Trinajstić information content (AvgIpc) is 3.73. The van der Waals surface area contributed by atoms with Gasteiger partial charge < -0.3 is 5.11 Å².